The lowest BCUT2D eigenvalue weighted by molar-refractivity contribution is -0.137. The lowest BCUT2D eigenvalue weighted by Crippen LogP contribution is -2.40. The van der Waals surface area contributed by atoms with E-state index in [-0.39, 0.29) is 5.69 Å². The summed E-state index contributed by atoms with van der Waals surface area (Å²) >= 11 is 0. The fourth-order valence-electron chi connectivity index (χ4n) is 4.78. The average molecular weight is 409 g/mol. The third-order valence-electron chi connectivity index (χ3n) is 6.03. The Hall–Kier alpha value is -3.60. The van der Waals surface area contributed by atoms with Crippen LogP contribution >= 0.6 is 0 Å². The Morgan fingerprint density at radius 1 is 0.967 bits per heavy atom. The van der Waals surface area contributed by atoms with Gasteiger partial charge < -0.3 is 4.90 Å². The standard InChI is InChI=1S/C22H14F3N3O2/c23-22(24,25)13-5-3-6-14(10-13)28-20(29)17-16(11-26)27-9-8-12-4-1-2-7-15(12)19(27)18(17)21(28)30/h1-10,16-19H/t16-,17+,18+,19+/m1/s1. The zero-order valence-corrected chi connectivity index (χ0v) is 15.4. The molecule has 4 atom stereocenters. The number of imide groups is 1. The van der Waals surface area contributed by atoms with Crippen LogP contribution in [0.3, 0.4) is 0 Å². The molecule has 2 aromatic carbocycles. The molecule has 3 heterocycles. The first kappa shape index (κ1) is 18.4. The molecular formula is C22H14F3N3O2. The fourth-order valence-corrected chi connectivity index (χ4v) is 4.78. The Bertz CT molecular complexity index is 1150. The number of fused-ring (bicyclic) bond motifs is 5. The highest BCUT2D eigenvalue weighted by Crippen LogP contribution is 2.53. The average Bonchev–Trinajstić information content (AvgIpc) is 3.20. The third kappa shape index (κ3) is 2.41. The lowest BCUT2D eigenvalue weighted by Gasteiger charge is -2.33. The van der Waals surface area contributed by atoms with Crippen LogP contribution in [0.4, 0.5) is 18.9 Å². The molecule has 2 aromatic rings. The van der Waals surface area contributed by atoms with Crippen LogP contribution in [0, 0.1) is 23.2 Å². The maximum atomic E-state index is 13.3. The number of nitriles is 1. The van der Waals surface area contributed by atoms with E-state index in [9.17, 15) is 28.0 Å². The SMILES string of the molecule is N#C[C@@H]1[C@@H]2C(=O)N(c3cccc(C(F)(F)F)c3)C(=O)[C@@H]2[C@@H]2c3ccccc3C=CN12. The zero-order chi connectivity index (χ0) is 21.2. The van der Waals surface area contributed by atoms with Gasteiger partial charge in [0.25, 0.3) is 0 Å². The van der Waals surface area contributed by atoms with E-state index in [0.717, 1.165) is 28.2 Å². The van der Waals surface area contributed by atoms with Crippen molar-refractivity contribution in [1.82, 2.24) is 4.90 Å². The van der Waals surface area contributed by atoms with Crippen LogP contribution in [-0.2, 0) is 15.8 Å². The van der Waals surface area contributed by atoms with Gasteiger partial charge in [0.05, 0.1) is 35.2 Å². The van der Waals surface area contributed by atoms with Crippen molar-refractivity contribution < 1.29 is 22.8 Å². The van der Waals surface area contributed by atoms with E-state index in [4.69, 9.17) is 0 Å². The van der Waals surface area contributed by atoms with Crippen LogP contribution in [0.15, 0.2) is 54.7 Å². The molecule has 0 unspecified atom stereocenters. The van der Waals surface area contributed by atoms with Gasteiger partial charge in [0.1, 0.15) is 6.04 Å². The highest BCUT2D eigenvalue weighted by Gasteiger charge is 2.63. The summed E-state index contributed by atoms with van der Waals surface area (Å²) in [6.45, 7) is 0. The minimum Gasteiger partial charge on any atom is -0.353 e. The Morgan fingerprint density at radius 3 is 2.43 bits per heavy atom. The van der Waals surface area contributed by atoms with Crippen molar-refractivity contribution >= 4 is 23.6 Å². The molecule has 0 spiro atoms. The van der Waals surface area contributed by atoms with E-state index in [1.165, 1.54) is 12.1 Å². The first-order chi connectivity index (χ1) is 14.3. The third-order valence-corrected chi connectivity index (χ3v) is 6.03. The van der Waals surface area contributed by atoms with Crippen molar-refractivity contribution in [2.45, 2.75) is 18.3 Å². The highest BCUT2D eigenvalue weighted by molar-refractivity contribution is 6.23. The molecule has 2 fully saturated rings. The minimum atomic E-state index is -4.60. The Kier molecular flexibility index (Phi) is 3.81. The van der Waals surface area contributed by atoms with Gasteiger partial charge in [-0.1, -0.05) is 30.3 Å². The monoisotopic (exact) mass is 409 g/mol. The maximum absolute atomic E-state index is 13.3. The number of carbonyl (C=O) groups is 2. The van der Waals surface area contributed by atoms with Gasteiger partial charge in [-0.25, -0.2) is 4.90 Å². The summed E-state index contributed by atoms with van der Waals surface area (Å²) in [6.07, 6.45) is -1.05. The molecule has 3 aliphatic rings. The zero-order valence-electron chi connectivity index (χ0n) is 15.4. The highest BCUT2D eigenvalue weighted by atomic mass is 19.4. The number of alkyl halides is 3. The van der Waals surface area contributed by atoms with E-state index in [0.29, 0.717) is 0 Å². The lowest BCUT2D eigenvalue weighted by atomic mass is 9.85. The summed E-state index contributed by atoms with van der Waals surface area (Å²) in [6, 6.07) is 12.3. The number of carbonyl (C=O) groups excluding carboxylic acids is 2. The molecule has 0 saturated carbocycles. The minimum absolute atomic E-state index is 0.128. The summed E-state index contributed by atoms with van der Waals surface area (Å²) in [7, 11) is 0. The van der Waals surface area contributed by atoms with Gasteiger partial charge in [0, 0.05) is 6.20 Å². The van der Waals surface area contributed by atoms with Gasteiger partial charge in [-0.3, -0.25) is 9.59 Å². The molecule has 8 heteroatoms. The number of amides is 2. The molecule has 30 heavy (non-hydrogen) atoms. The molecule has 2 amide bonds. The number of nitrogens with zero attached hydrogens (tertiary/aromatic N) is 3. The Labute approximate surface area is 169 Å². The van der Waals surface area contributed by atoms with Crippen LogP contribution in [0.2, 0.25) is 0 Å². The Balaban J connectivity index is 1.61. The summed E-state index contributed by atoms with van der Waals surface area (Å²) < 4.78 is 39.4. The van der Waals surface area contributed by atoms with Crippen LogP contribution in [0.25, 0.3) is 6.08 Å². The van der Waals surface area contributed by atoms with Crippen molar-refractivity contribution in [3.8, 4) is 6.07 Å². The van der Waals surface area contributed by atoms with Gasteiger partial charge in [-0.15, -0.1) is 0 Å². The van der Waals surface area contributed by atoms with Gasteiger partial charge in [-0.2, -0.15) is 18.4 Å². The molecule has 0 aliphatic carbocycles. The van der Waals surface area contributed by atoms with Crippen LogP contribution in [0.1, 0.15) is 22.7 Å². The van der Waals surface area contributed by atoms with Gasteiger partial charge in [0.2, 0.25) is 11.8 Å². The van der Waals surface area contributed by atoms with Crippen molar-refractivity contribution in [3.63, 3.8) is 0 Å². The normalized spacial score (nSPS) is 27.0. The summed E-state index contributed by atoms with van der Waals surface area (Å²) in [5.74, 6) is -3.01. The second-order valence-corrected chi connectivity index (χ2v) is 7.52. The number of anilines is 1. The number of hydrogen-bond donors (Lipinski definition) is 0. The summed E-state index contributed by atoms with van der Waals surface area (Å²) in [4.78, 5) is 29.1. The molecule has 150 valence electrons. The summed E-state index contributed by atoms with van der Waals surface area (Å²) in [5.41, 5.74) is 0.632. The molecule has 0 aromatic heterocycles. The van der Waals surface area contributed by atoms with E-state index in [1.54, 1.807) is 11.1 Å². The van der Waals surface area contributed by atoms with Gasteiger partial charge in [0.15, 0.2) is 0 Å². The molecule has 3 aliphatic heterocycles. The van der Waals surface area contributed by atoms with Crippen LogP contribution in [-0.4, -0.2) is 22.8 Å². The quantitative estimate of drug-likeness (QED) is 0.673. The molecule has 0 radical (unpaired) electrons. The largest absolute Gasteiger partial charge is 0.416 e. The number of halogens is 3. The fraction of sp³-hybridized carbons (Fsp3) is 0.227. The Morgan fingerprint density at radius 2 is 1.70 bits per heavy atom. The van der Waals surface area contributed by atoms with Crippen molar-refractivity contribution in [2.75, 3.05) is 4.90 Å². The summed E-state index contributed by atoms with van der Waals surface area (Å²) in [5, 5.41) is 9.76. The predicted molar refractivity (Wildman–Crippen MR) is 100 cm³/mol. The van der Waals surface area contributed by atoms with E-state index < -0.39 is 47.5 Å². The second-order valence-electron chi connectivity index (χ2n) is 7.52. The van der Waals surface area contributed by atoms with Gasteiger partial charge >= 0.3 is 6.18 Å². The molecule has 0 bridgehead atoms. The number of hydrogen-bond acceptors (Lipinski definition) is 4. The van der Waals surface area contributed by atoms with E-state index >= 15 is 0 Å². The molecule has 0 N–H and O–H groups in total. The van der Waals surface area contributed by atoms with Crippen molar-refractivity contribution in [3.05, 3.63) is 71.4 Å². The first-order valence-electron chi connectivity index (χ1n) is 9.32. The molecule has 2 saturated heterocycles. The molecule has 5 nitrogen and oxygen atoms in total. The van der Waals surface area contributed by atoms with Crippen molar-refractivity contribution in [2.24, 2.45) is 11.8 Å². The van der Waals surface area contributed by atoms with Crippen molar-refractivity contribution in [1.29, 1.82) is 5.26 Å². The smallest absolute Gasteiger partial charge is 0.353 e. The maximum Gasteiger partial charge on any atom is 0.416 e. The van der Waals surface area contributed by atoms with Crippen LogP contribution < -0.4 is 4.90 Å². The number of benzene rings is 2. The first-order valence-corrected chi connectivity index (χ1v) is 9.32. The van der Waals surface area contributed by atoms with E-state index in [2.05, 4.69) is 6.07 Å². The molecule has 5 rings (SSSR count). The second kappa shape index (κ2) is 6.20. The van der Waals surface area contributed by atoms with Gasteiger partial charge in [-0.05, 0) is 35.4 Å². The number of rotatable bonds is 1. The predicted octanol–water partition coefficient (Wildman–Crippen LogP) is 3.74. The topological polar surface area (TPSA) is 64.4 Å². The molecular weight excluding hydrogens is 395 g/mol. The van der Waals surface area contributed by atoms with E-state index in [1.807, 2.05) is 30.3 Å². The van der Waals surface area contributed by atoms with Crippen LogP contribution in [0.5, 0.6) is 0 Å².